The molecule has 0 spiro atoms. The highest BCUT2D eigenvalue weighted by Gasteiger charge is 2.35. The van der Waals surface area contributed by atoms with Gasteiger partial charge in [-0.15, -0.1) is 0 Å². The van der Waals surface area contributed by atoms with Crippen LogP contribution in [0.4, 0.5) is 17.1 Å². The Morgan fingerprint density at radius 2 is 1.12 bits per heavy atom. The Labute approximate surface area is 325 Å². The third kappa shape index (κ3) is 7.05. The number of hydrogen-bond acceptors (Lipinski definition) is 10. The van der Waals surface area contributed by atoms with Crippen molar-refractivity contribution < 1.29 is 33.3 Å². The average Bonchev–Trinajstić information content (AvgIpc) is 3.81. The van der Waals surface area contributed by atoms with Gasteiger partial charge in [0.1, 0.15) is 5.75 Å². The lowest BCUT2D eigenvalue weighted by Crippen LogP contribution is -2.32. The fraction of sp³-hybridized carbons (Fsp3) is 0.273. The van der Waals surface area contributed by atoms with Crippen molar-refractivity contribution in [1.82, 2.24) is 9.80 Å². The number of nitrogens with zero attached hydrogens (tertiary/aromatic N) is 4. The minimum absolute atomic E-state index is 0.143. The minimum atomic E-state index is -0.202. The lowest BCUT2D eigenvalue weighted by Gasteiger charge is -2.19. The highest BCUT2D eigenvalue weighted by atomic mass is 16.5. The number of nitrogens with one attached hydrogen (secondary N) is 1. The van der Waals surface area contributed by atoms with Gasteiger partial charge in [0.15, 0.2) is 23.0 Å². The maximum absolute atomic E-state index is 13.8. The summed E-state index contributed by atoms with van der Waals surface area (Å²) >= 11 is 0. The Morgan fingerprint density at radius 1 is 0.643 bits per heavy atom. The van der Waals surface area contributed by atoms with Gasteiger partial charge in [-0.2, -0.15) is 0 Å². The molecule has 1 N–H and O–H groups in total. The van der Waals surface area contributed by atoms with E-state index in [1.807, 2.05) is 49.1 Å². The number of methoxy groups -OCH3 is 3. The molecule has 4 aromatic carbocycles. The van der Waals surface area contributed by atoms with Crippen LogP contribution in [0.1, 0.15) is 58.0 Å². The van der Waals surface area contributed by atoms with E-state index >= 15 is 0 Å². The molecule has 0 bridgehead atoms. The zero-order valence-corrected chi connectivity index (χ0v) is 31.8. The number of carbonyl (C=O) groups is 2. The molecule has 2 atom stereocenters. The predicted molar refractivity (Wildman–Crippen MR) is 217 cm³/mol. The average molecular weight is 754 g/mol. The Morgan fingerprint density at radius 3 is 1.57 bits per heavy atom. The molecular formula is C44H43N5O7. The third-order valence-corrected chi connectivity index (χ3v) is 10.3. The number of anilines is 1. The Hall–Kier alpha value is -6.56. The second-order valence-electron chi connectivity index (χ2n) is 13.8. The van der Waals surface area contributed by atoms with Crippen LogP contribution in [-0.4, -0.2) is 87.2 Å². The Balaban J connectivity index is 0.901. The number of hydrogen-bond donors (Lipinski definition) is 1. The molecular weight excluding hydrogens is 711 g/mol. The quantitative estimate of drug-likeness (QED) is 0.137. The van der Waals surface area contributed by atoms with Gasteiger partial charge in [-0.1, -0.05) is 24.3 Å². The zero-order valence-electron chi connectivity index (χ0n) is 31.8. The first-order valence-electron chi connectivity index (χ1n) is 18.7. The number of fused-ring (bicyclic) bond motifs is 4. The van der Waals surface area contributed by atoms with Gasteiger partial charge in [-0.25, -0.2) is 0 Å². The molecule has 0 fully saturated rings. The summed E-state index contributed by atoms with van der Waals surface area (Å²) < 4.78 is 28.9. The van der Waals surface area contributed by atoms with Crippen molar-refractivity contribution in [1.29, 1.82) is 0 Å². The van der Waals surface area contributed by atoms with Crippen LogP contribution in [0.5, 0.6) is 28.7 Å². The van der Waals surface area contributed by atoms with Crippen molar-refractivity contribution in [2.75, 3.05) is 46.4 Å². The summed E-state index contributed by atoms with van der Waals surface area (Å²) in [6.07, 6.45) is 9.32. The maximum Gasteiger partial charge on any atom is 0.260 e. The van der Waals surface area contributed by atoms with Gasteiger partial charge in [-0.3, -0.25) is 19.6 Å². The topological polar surface area (TPSA) is 124 Å². The van der Waals surface area contributed by atoms with E-state index in [4.69, 9.17) is 33.7 Å². The molecule has 4 heterocycles. The molecule has 1 unspecified atom stereocenters. The van der Waals surface area contributed by atoms with E-state index in [0.29, 0.717) is 78.0 Å². The molecule has 2 amide bonds. The smallest absolute Gasteiger partial charge is 0.260 e. The van der Waals surface area contributed by atoms with Crippen molar-refractivity contribution in [3.8, 4) is 28.7 Å². The molecule has 0 aromatic heterocycles. The fourth-order valence-electron chi connectivity index (χ4n) is 7.38. The molecule has 8 rings (SSSR count). The number of carbonyl (C=O) groups excluding carboxylic acids is 2. The molecule has 0 saturated carbocycles. The van der Waals surface area contributed by atoms with E-state index in [1.165, 1.54) is 0 Å². The third-order valence-electron chi connectivity index (χ3n) is 10.3. The van der Waals surface area contributed by atoms with Gasteiger partial charge in [0.2, 0.25) is 0 Å². The Kier molecular flexibility index (Phi) is 10.2. The van der Waals surface area contributed by atoms with Gasteiger partial charge in [-0.05, 0) is 65.6 Å². The first-order valence-corrected chi connectivity index (χ1v) is 18.7. The van der Waals surface area contributed by atoms with E-state index < -0.39 is 0 Å². The van der Waals surface area contributed by atoms with Crippen LogP contribution in [0, 0.1) is 0 Å². The molecule has 4 aliphatic rings. The monoisotopic (exact) mass is 753 g/mol. The van der Waals surface area contributed by atoms with Gasteiger partial charge < -0.3 is 38.8 Å². The van der Waals surface area contributed by atoms with Gasteiger partial charge in [0, 0.05) is 68.5 Å². The lowest BCUT2D eigenvalue weighted by molar-refractivity contribution is 0.0809. The van der Waals surface area contributed by atoms with Crippen LogP contribution in [0.15, 0.2) is 95.2 Å². The Bertz CT molecular complexity index is 2280. The fourth-order valence-corrected chi connectivity index (χ4v) is 7.38. The molecule has 12 nitrogen and oxygen atoms in total. The van der Waals surface area contributed by atoms with E-state index in [0.717, 1.165) is 40.3 Å². The second-order valence-corrected chi connectivity index (χ2v) is 13.8. The van der Waals surface area contributed by atoms with E-state index in [1.54, 1.807) is 55.4 Å². The molecule has 12 heteroatoms. The van der Waals surface area contributed by atoms with Crippen LogP contribution < -0.4 is 29.0 Å². The molecule has 0 aliphatic carbocycles. The minimum Gasteiger partial charge on any atom is -0.497 e. The summed E-state index contributed by atoms with van der Waals surface area (Å²) in [5.74, 6) is 2.32. The van der Waals surface area contributed by atoms with E-state index in [2.05, 4.69) is 36.5 Å². The summed E-state index contributed by atoms with van der Waals surface area (Å²) in [5, 5.41) is 3.31. The number of ether oxygens (including phenoxy) is 5. The van der Waals surface area contributed by atoms with Crippen molar-refractivity contribution >= 4 is 52.5 Å². The first-order chi connectivity index (χ1) is 27.4. The highest BCUT2D eigenvalue weighted by Crippen LogP contribution is 2.42. The molecule has 286 valence electrons. The predicted octanol–water partition coefficient (Wildman–Crippen LogP) is 7.94. The van der Waals surface area contributed by atoms with Crippen LogP contribution in [0.2, 0.25) is 0 Å². The molecule has 4 aliphatic heterocycles. The van der Waals surface area contributed by atoms with E-state index in [-0.39, 0.29) is 23.9 Å². The highest BCUT2D eigenvalue weighted by molar-refractivity contribution is 6.06. The SMILES string of the molecule is CCNc1ccc(C2=CN3C(=O)c4cc(OC)c(OCCCOc5cc6c(cc5OC)C(=O)N5C=C(c7ccc(OC)cc7)CC5C=N6)cc4N=C[C@@H]3C2)cc1. The normalized spacial score (nSPS) is 17.9. The molecule has 56 heavy (non-hydrogen) atoms. The van der Waals surface area contributed by atoms with Crippen LogP contribution in [0.25, 0.3) is 11.1 Å². The van der Waals surface area contributed by atoms with Crippen LogP contribution >= 0.6 is 0 Å². The van der Waals surface area contributed by atoms with Crippen LogP contribution in [0.3, 0.4) is 0 Å². The summed E-state index contributed by atoms with van der Waals surface area (Å²) in [6, 6.07) is 22.6. The van der Waals surface area contributed by atoms with E-state index in [9.17, 15) is 9.59 Å². The number of rotatable bonds is 13. The zero-order chi connectivity index (χ0) is 38.8. The van der Waals surface area contributed by atoms with Gasteiger partial charge in [0.25, 0.3) is 11.8 Å². The molecule has 4 aromatic rings. The van der Waals surface area contributed by atoms with Gasteiger partial charge >= 0.3 is 0 Å². The summed E-state index contributed by atoms with van der Waals surface area (Å²) in [4.78, 5) is 40.5. The molecule has 0 radical (unpaired) electrons. The summed E-state index contributed by atoms with van der Waals surface area (Å²) in [7, 11) is 4.73. The first kappa shape index (κ1) is 36.4. The number of aliphatic imine (C=N–C) groups is 2. The standard InChI is InChI=1S/C44H43N5O7/c1-5-45-31-11-7-27(8-12-31)29-17-32-23-46-37-21-41(39(53-3)19-35(37)43(50)48(32)25-29)55-15-6-16-56-42-22-38-36(20-40(42)54-4)44(51)49-26-30(18-33(49)24-47-38)28-9-13-34(52-2)14-10-28/h7-14,19-26,32-33,45H,5-6,15-18H2,1-4H3/t32-,33?/m0/s1. The van der Waals surface area contributed by atoms with Crippen molar-refractivity contribution in [3.05, 3.63) is 107 Å². The van der Waals surface area contributed by atoms with Crippen molar-refractivity contribution in [2.24, 2.45) is 9.98 Å². The lowest BCUT2D eigenvalue weighted by atomic mass is 10.0. The maximum atomic E-state index is 13.8. The van der Waals surface area contributed by atoms with Crippen LogP contribution in [-0.2, 0) is 0 Å². The number of benzene rings is 4. The largest absolute Gasteiger partial charge is 0.497 e. The molecule has 0 saturated heterocycles. The van der Waals surface area contributed by atoms with Crippen molar-refractivity contribution in [3.63, 3.8) is 0 Å². The summed E-state index contributed by atoms with van der Waals surface area (Å²) in [5.41, 5.74) is 7.23. The number of amides is 2. The van der Waals surface area contributed by atoms with Crippen molar-refractivity contribution in [2.45, 2.75) is 38.3 Å². The van der Waals surface area contributed by atoms with Gasteiger partial charge in [0.05, 0.1) is 69.1 Å². The summed E-state index contributed by atoms with van der Waals surface area (Å²) in [6.45, 7) is 3.54. The second kappa shape index (κ2) is 15.7.